The fourth-order valence-electron chi connectivity index (χ4n) is 0.104. The van der Waals surface area contributed by atoms with Gasteiger partial charge in [-0.15, -0.1) is 0 Å². The Hall–Kier alpha value is -0.260. The Morgan fingerprint density at radius 1 is 1.43 bits per heavy atom. The molecular formula is C3H4IN3. The molecule has 0 aromatic carbocycles. The summed E-state index contributed by atoms with van der Waals surface area (Å²) in [6.45, 7) is 0. The molecule has 0 fully saturated rings. The van der Waals surface area contributed by atoms with Gasteiger partial charge in [0, 0.05) is 6.20 Å². The lowest BCUT2D eigenvalue weighted by Gasteiger charge is -1.64. The molecule has 0 spiro atoms. The summed E-state index contributed by atoms with van der Waals surface area (Å²) >= 11 is 1.98. The minimum absolute atomic E-state index is 1.30. The van der Waals surface area contributed by atoms with E-state index in [0.717, 1.165) is 0 Å². The van der Waals surface area contributed by atoms with Gasteiger partial charge in [-0.3, -0.25) is 4.99 Å². The Morgan fingerprint density at radius 2 is 2.14 bits per heavy atom. The minimum atomic E-state index is 1.30. The van der Waals surface area contributed by atoms with E-state index in [0.29, 0.717) is 0 Å². The summed E-state index contributed by atoms with van der Waals surface area (Å²) in [6.07, 6.45) is 2.74. The van der Waals surface area contributed by atoms with Crippen molar-refractivity contribution in [1.82, 2.24) is 0 Å². The van der Waals surface area contributed by atoms with Gasteiger partial charge in [0.05, 0.1) is 10.4 Å². The van der Waals surface area contributed by atoms with Crippen molar-refractivity contribution in [3.05, 3.63) is 12.4 Å². The number of halogens is 1. The Bertz CT molecular complexity index is 96.4. The molecule has 0 aliphatic rings. The van der Waals surface area contributed by atoms with Gasteiger partial charge in [-0.2, -0.15) is 5.11 Å². The minimum Gasteiger partial charge on any atom is -0.257 e. The molecule has 0 radical (unpaired) electrons. The summed E-state index contributed by atoms with van der Waals surface area (Å²) in [5, 5.41) is 2.93. The zero-order valence-electron chi connectivity index (χ0n) is 3.50. The molecular weight excluding hydrogens is 205 g/mol. The maximum Gasteiger partial charge on any atom is 0.0671 e. The van der Waals surface area contributed by atoms with E-state index in [2.05, 4.69) is 10.1 Å². The molecule has 4 heteroatoms. The average molecular weight is 209 g/mol. The second kappa shape index (κ2) is 5.74. The summed E-state index contributed by atoms with van der Waals surface area (Å²) in [5.74, 6) is 0. The normalized spacial score (nSPS) is 11.0. The topological polar surface area (TPSA) is 48.6 Å². The molecule has 0 amide bonds. The molecule has 3 nitrogen and oxygen atoms in total. The van der Waals surface area contributed by atoms with Crippen molar-refractivity contribution in [3.63, 3.8) is 0 Å². The van der Waals surface area contributed by atoms with Gasteiger partial charge in [0.15, 0.2) is 0 Å². The van der Waals surface area contributed by atoms with Gasteiger partial charge < -0.3 is 0 Å². The molecule has 0 bridgehead atoms. The van der Waals surface area contributed by atoms with E-state index in [4.69, 9.17) is 5.53 Å². The molecule has 38 valence electrons. The first kappa shape index (κ1) is 6.74. The van der Waals surface area contributed by atoms with Crippen LogP contribution in [-0.2, 0) is 0 Å². The SMILES string of the molecule is N=N/C=C\N=CI. The van der Waals surface area contributed by atoms with Gasteiger partial charge in [0.1, 0.15) is 0 Å². The molecule has 7 heavy (non-hydrogen) atoms. The van der Waals surface area contributed by atoms with Crippen LogP contribution in [0.3, 0.4) is 0 Å². The maximum absolute atomic E-state index is 6.24. The maximum atomic E-state index is 6.24. The lowest BCUT2D eigenvalue weighted by Crippen LogP contribution is -1.46. The van der Waals surface area contributed by atoms with Gasteiger partial charge in [-0.05, 0) is 22.6 Å². The van der Waals surface area contributed by atoms with Crippen LogP contribution in [0.15, 0.2) is 22.5 Å². The highest BCUT2D eigenvalue weighted by Gasteiger charge is 1.54. The van der Waals surface area contributed by atoms with Gasteiger partial charge in [0.2, 0.25) is 0 Å². The van der Waals surface area contributed by atoms with Crippen molar-refractivity contribution in [2.75, 3.05) is 0 Å². The highest BCUT2D eigenvalue weighted by atomic mass is 127. The third kappa shape index (κ3) is 5.74. The van der Waals surface area contributed by atoms with E-state index in [9.17, 15) is 0 Å². The van der Waals surface area contributed by atoms with Crippen LogP contribution < -0.4 is 0 Å². The monoisotopic (exact) mass is 209 g/mol. The van der Waals surface area contributed by atoms with E-state index < -0.39 is 0 Å². The summed E-state index contributed by atoms with van der Waals surface area (Å²) in [5.41, 5.74) is 6.24. The van der Waals surface area contributed by atoms with Gasteiger partial charge in [0.25, 0.3) is 0 Å². The smallest absolute Gasteiger partial charge is 0.0671 e. The van der Waals surface area contributed by atoms with Crippen LogP contribution in [0.4, 0.5) is 0 Å². The van der Waals surface area contributed by atoms with Crippen molar-refractivity contribution >= 4 is 26.8 Å². The quantitative estimate of drug-likeness (QED) is 0.410. The Morgan fingerprint density at radius 3 is 2.57 bits per heavy atom. The second-order valence-corrected chi connectivity index (χ2v) is 1.23. The van der Waals surface area contributed by atoms with Crippen molar-refractivity contribution in [1.29, 1.82) is 5.53 Å². The first-order valence-electron chi connectivity index (χ1n) is 1.55. The van der Waals surface area contributed by atoms with Crippen molar-refractivity contribution in [2.45, 2.75) is 0 Å². The lowest BCUT2D eigenvalue weighted by molar-refractivity contribution is 1.14. The molecule has 0 heterocycles. The molecule has 0 aromatic rings. The predicted octanol–water partition coefficient (Wildman–Crippen LogP) is 1.95. The zero-order chi connectivity index (χ0) is 5.54. The molecule has 1 N–H and O–H groups in total. The fraction of sp³-hybridized carbons (Fsp3) is 0. The summed E-state index contributed by atoms with van der Waals surface area (Å²) < 4.78 is 1.60. The fourth-order valence-corrected chi connectivity index (χ4v) is 0.290. The van der Waals surface area contributed by atoms with Crippen molar-refractivity contribution < 1.29 is 0 Å². The first-order chi connectivity index (χ1) is 3.41. The highest BCUT2D eigenvalue weighted by Crippen LogP contribution is 1.76. The molecule has 0 aromatic heterocycles. The number of nitrogens with zero attached hydrogens (tertiary/aromatic N) is 2. The van der Waals surface area contributed by atoms with Crippen LogP contribution in [0.25, 0.3) is 0 Å². The van der Waals surface area contributed by atoms with Crippen LogP contribution in [-0.4, -0.2) is 4.22 Å². The molecule has 0 rings (SSSR count). The van der Waals surface area contributed by atoms with Gasteiger partial charge in [-0.25, -0.2) is 5.53 Å². The van der Waals surface area contributed by atoms with Crippen LogP contribution >= 0.6 is 22.6 Å². The second-order valence-electron chi connectivity index (χ2n) is 0.674. The van der Waals surface area contributed by atoms with Gasteiger partial charge in [-0.1, -0.05) is 0 Å². The number of hydrogen-bond acceptors (Lipinski definition) is 3. The third-order valence-electron chi connectivity index (χ3n) is 0.284. The van der Waals surface area contributed by atoms with Crippen LogP contribution in [0, 0.1) is 5.53 Å². The standard InChI is InChI=1S/C3H4IN3/c4-3-6-1-2-7-5/h1-3,5H/b2-1-,6-3?,7-5?. The molecule has 0 atom stereocenters. The molecule has 0 unspecified atom stereocenters. The summed E-state index contributed by atoms with van der Waals surface area (Å²) in [6, 6.07) is 0. The Balaban J connectivity index is 3.27. The van der Waals surface area contributed by atoms with E-state index >= 15 is 0 Å². The van der Waals surface area contributed by atoms with E-state index in [1.165, 1.54) is 12.4 Å². The largest absolute Gasteiger partial charge is 0.257 e. The van der Waals surface area contributed by atoms with E-state index in [-0.39, 0.29) is 0 Å². The summed E-state index contributed by atoms with van der Waals surface area (Å²) in [7, 11) is 0. The number of hydrogen-bond donors (Lipinski definition) is 1. The Kier molecular flexibility index (Phi) is 5.53. The average Bonchev–Trinajstić information content (AvgIpc) is 1.69. The molecule has 0 aliphatic carbocycles. The predicted molar refractivity (Wildman–Crippen MR) is 36.8 cm³/mol. The molecule has 0 aliphatic heterocycles. The summed E-state index contributed by atoms with van der Waals surface area (Å²) in [4.78, 5) is 3.63. The van der Waals surface area contributed by atoms with Crippen LogP contribution in [0.2, 0.25) is 0 Å². The molecule has 0 saturated carbocycles. The van der Waals surface area contributed by atoms with Crippen LogP contribution in [0.1, 0.15) is 0 Å². The number of rotatable bonds is 2. The van der Waals surface area contributed by atoms with E-state index in [1.807, 2.05) is 22.6 Å². The zero-order valence-corrected chi connectivity index (χ0v) is 5.66. The van der Waals surface area contributed by atoms with Gasteiger partial charge >= 0.3 is 0 Å². The first-order valence-corrected chi connectivity index (χ1v) is 2.80. The molecule has 0 saturated heterocycles. The van der Waals surface area contributed by atoms with E-state index in [1.54, 1.807) is 4.22 Å². The van der Waals surface area contributed by atoms with Crippen LogP contribution in [0.5, 0.6) is 0 Å². The number of aliphatic imine (C=N–C) groups is 1. The van der Waals surface area contributed by atoms with Crippen molar-refractivity contribution in [3.8, 4) is 0 Å². The highest BCUT2D eigenvalue weighted by molar-refractivity contribution is 14.1. The lowest BCUT2D eigenvalue weighted by atomic mass is 10.9. The number of nitrogens with one attached hydrogen (secondary N) is 1. The van der Waals surface area contributed by atoms with Crippen molar-refractivity contribution in [2.24, 2.45) is 10.1 Å². The third-order valence-corrected chi connectivity index (χ3v) is 0.605. The Labute approximate surface area is 55.2 Å².